The Kier molecular flexibility index (Phi) is 18.9. The van der Waals surface area contributed by atoms with E-state index in [1.807, 2.05) is 18.2 Å². The number of unbranched alkanes of at least 4 members (excludes halogenated alkanes) is 15. The van der Waals surface area contributed by atoms with Crippen molar-refractivity contribution >= 4 is 12.2 Å². The molecule has 39 heavy (non-hydrogen) atoms. The lowest BCUT2D eigenvalue weighted by atomic mass is 10.0. The molecule has 0 aliphatic carbocycles. The SMILES string of the molecule is CCCCCCCCCCCCCCCCCCNC(=O)OC[C@@H]1C[C@@H](COC(=O)NCc2ccccn2)O1. The molecule has 0 unspecified atom stereocenters. The van der Waals surface area contributed by atoms with Gasteiger partial charge in [-0.3, -0.25) is 4.98 Å². The highest BCUT2D eigenvalue weighted by Gasteiger charge is 2.32. The largest absolute Gasteiger partial charge is 0.447 e. The van der Waals surface area contributed by atoms with E-state index in [0.717, 1.165) is 18.5 Å². The summed E-state index contributed by atoms with van der Waals surface area (Å²) in [6.07, 6.45) is 22.5. The monoisotopic (exact) mass is 547 g/mol. The van der Waals surface area contributed by atoms with Gasteiger partial charge in [-0.2, -0.15) is 0 Å². The maximum Gasteiger partial charge on any atom is 0.407 e. The summed E-state index contributed by atoms with van der Waals surface area (Å²) in [5.41, 5.74) is 0.764. The van der Waals surface area contributed by atoms with E-state index in [2.05, 4.69) is 22.5 Å². The molecule has 2 atom stereocenters. The van der Waals surface area contributed by atoms with Crippen molar-refractivity contribution < 1.29 is 23.8 Å². The molecule has 1 aliphatic rings. The number of carbonyl (C=O) groups excluding carboxylic acids is 2. The highest BCUT2D eigenvalue weighted by molar-refractivity contribution is 5.67. The maximum absolute atomic E-state index is 11.9. The first kappa shape index (κ1) is 32.9. The van der Waals surface area contributed by atoms with E-state index in [1.165, 1.54) is 89.9 Å². The number of alkyl carbamates (subject to hydrolysis) is 2. The molecule has 1 saturated heterocycles. The molecule has 0 radical (unpaired) electrons. The van der Waals surface area contributed by atoms with E-state index in [-0.39, 0.29) is 25.4 Å². The number of rotatable bonds is 23. The van der Waals surface area contributed by atoms with Gasteiger partial charge in [0, 0.05) is 19.2 Å². The number of ether oxygens (including phenoxy) is 3. The van der Waals surface area contributed by atoms with Gasteiger partial charge < -0.3 is 24.8 Å². The minimum atomic E-state index is -0.502. The smallest absolute Gasteiger partial charge is 0.407 e. The summed E-state index contributed by atoms with van der Waals surface area (Å²) in [6, 6.07) is 5.51. The van der Waals surface area contributed by atoms with Crippen molar-refractivity contribution in [3.8, 4) is 0 Å². The number of nitrogens with one attached hydrogen (secondary N) is 2. The van der Waals surface area contributed by atoms with Gasteiger partial charge in [0.15, 0.2) is 0 Å². The Balaban J connectivity index is 1.28. The number of amides is 2. The Labute approximate surface area is 236 Å². The van der Waals surface area contributed by atoms with Crippen LogP contribution in [0.5, 0.6) is 0 Å². The quantitative estimate of drug-likeness (QED) is 0.138. The van der Waals surface area contributed by atoms with Crippen molar-refractivity contribution in [3.63, 3.8) is 0 Å². The first-order valence-corrected chi connectivity index (χ1v) is 15.5. The summed E-state index contributed by atoms with van der Waals surface area (Å²) in [5, 5.41) is 5.47. The second-order valence-corrected chi connectivity index (χ2v) is 10.7. The van der Waals surface area contributed by atoms with E-state index in [1.54, 1.807) is 6.20 Å². The maximum atomic E-state index is 11.9. The summed E-state index contributed by atoms with van der Waals surface area (Å²) < 4.78 is 16.0. The average Bonchev–Trinajstić information content (AvgIpc) is 2.93. The predicted octanol–water partition coefficient (Wildman–Crippen LogP) is 7.45. The van der Waals surface area contributed by atoms with Gasteiger partial charge >= 0.3 is 12.2 Å². The Hall–Kier alpha value is -2.35. The average molecular weight is 548 g/mol. The second-order valence-electron chi connectivity index (χ2n) is 10.7. The molecule has 1 fully saturated rings. The number of pyridine rings is 1. The first-order chi connectivity index (χ1) is 19.2. The summed E-state index contributed by atoms with van der Waals surface area (Å²) in [5.74, 6) is 0. The number of hydrogen-bond acceptors (Lipinski definition) is 6. The third-order valence-electron chi connectivity index (χ3n) is 7.15. The van der Waals surface area contributed by atoms with Gasteiger partial charge in [-0.1, -0.05) is 109 Å². The molecule has 0 bridgehead atoms. The first-order valence-electron chi connectivity index (χ1n) is 15.5. The molecule has 2 amide bonds. The lowest BCUT2D eigenvalue weighted by Gasteiger charge is -2.34. The third-order valence-corrected chi connectivity index (χ3v) is 7.15. The van der Waals surface area contributed by atoms with Crippen LogP contribution in [0.15, 0.2) is 24.4 Å². The Bertz CT molecular complexity index is 743. The summed E-state index contributed by atoms with van der Waals surface area (Å²) in [6.45, 7) is 3.63. The van der Waals surface area contributed by atoms with E-state index < -0.39 is 12.2 Å². The summed E-state index contributed by atoms with van der Waals surface area (Å²) >= 11 is 0. The molecule has 8 nitrogen and oxygen atoms in total. The van der Waals surface area contributed by atoms with Crippen LogP contribution in [0, 0.1) is 0 Å². The van der Waals surface area contributed by atoms with Crippen LogP contribution in [0.1, 0.15) is 122 Å². The number of aromatic nitrogens is 1. The van der Waals surface area contributed by atoms with Crippen LogP contribution < -0.4 is 10.6 Å². The molecule has 222 valence electrons. The van der Waals surface area contributed by atoms with Crippen molar-refractivity contribution in [2.75, 3.05) is 19.8 Å². The molecule has 2 heterocycles. The molecule has 1 aromatic rings. The molecule has 1 aliphatic heterocycles. The Morgan fingerprint density at radius 2 is 1.26 bits per heavy atom. The molecular formula is C31H53N3O5. The Morgan fingerprint density at radius 1 is 0.769 bits per heavy atom. The van der Waals surface area contributed by atoms with Crippen LogP contribution in [0.4, 0.5) is 9.59 Å². The van der Waals surface area contributed by atoms with E-state index in [0.29, 0.717) is 19.5 Å². The topological polar surface area (TPSA) is 98.8 Å². The van der Waals surface area contributed by atoms with E-state index in [4.69, 9.17) is 14.2 Å². The predicted molar refractivity (Wildman–Crippen MR) is 155 cm³/mol. The molecule has 0 spiro atoms. The van der Waals surface area contributed by atoms with Crippen LogP contribution in [0.3, 0.4) is 0 Å². The van der Waals surface area contributed by atoms with Crippen LogP contribution in [0.2, 0.25) is 0 Å². The van der Waals surface area contributed by atoms with E-state index >= 15 is 0 Å². The molecule has 1 aromatic heterocycles. The van der Waals surface area contributed by atoms with Gasteiger partial charge in [-0.25, -0.2) is 9.59 Å². The highest BCUT2D eigenvalue weighted by atomic mass is 16.6. The Morgan fingerprint density at radius 3 is 1.74 bits per heavy atom. The lowest BCUT2D eigenvalue weighted by Crippen LogP contribution is -2.45. The zero-order valence-corrected chi connectivity index (χ0v) is 24.3. The highest BCUT2D eigenvalue weighted by Crippen LogP contribution is 2.21. The number of nitrogens with zero attached hydrogens (tertiary/aromatic N) is 1. The molecule has 0 saturated carbocycles. The molecule has 2 N–H and O–H groups in total. The van der Waals surface area contributed by atoms with Crippen molar-refractivity contribution in [1.29, 1.82) is 0 Å². The molecule has 8 heteroatoms. The van der Waals surface area contributed by atoms with Crippen molar-refractivity contribution in [2.45, 2.75) is 135 Å². The fraction of sp³-hybridized carbons (Fsp3) is 0.774. The standard InChI is InChI=1S/C31H53N3O5/c1-2-3-4-5-6-7-8-9-10-11-12-13-14-15-16-18-22-33-30(35)37-25-28-23-29(39-28)26-38-31(36)34-24-27-20-17-19-21-32-27/h17,19-21,28-29H,2-16,18,22-26H2,1H3,(H,33,35)(H,34,36)/t28-,29-/m0/s1. The minimum Gasteiger partial charge on any atom is -0.447 e. The minimum absolute atomic E-state index is 0.142. The molecule has 2 rings (SSSR count). The van der Waals surface area contributed by atoms with Gasteiger partial charge in [0.05, 0.1) is 24.4 Å². The third kappa shape index (κ3) is 17.8. The normalized spacial score (nSPS) is 16.3. The van der Waals surface area contributed by atoms with Crippen molar-refractivity contribution in [1.82, 2.24) is 15.6 Å². The van der Waals surface area contributed by atoms with Crippen LogP contribution in [-0.2, 0) is 20.8 Å². The van der Waals surface area contributed by atoms with Gasteiger partial charge in [-0.15, -0.1) is 0 Å². The summed E-state index contributed by atoms with van der Waals surface area (Å²) in [7, 11) is 0. The molecule has 0 aromatic carbocycles. The van der Waals surface area contributed by atoms with Crippen molar-refractivity contribution in [3.05, 3.63) is 30.1 Å². The fourth-order valence-electron chi connectivity index (χ4n) is 4.74. The van der Waals surface area contributed by atoms with Crippen LogP contribution in [0.25, 0.3) is 0 Å². The van der Waals surface area contributed by atoms with Gasteiger partial charge in [-0.05, 0) is 18.6 Å². The van der Waals surface area contributed by atoms with Gasteiger partial charge in [0.25, 0.3) is 0 Å². The second kappa shape index (κ2) is 22.5. The zero-order chi connectivity index (χ0) is 27.8. The zero-order valence-electron chi connectivity index (χ0n) is 24.3. The number of hydrogen-bond donors (Lipinski definition) is 2. The summed E-state index contributed by atoms with van der Waals surface area (Å²) in [4.78, 5) is 27.8. The van der Waals surface area contributed by atoms with Gasteiger partial charge in [0.1, 0.15) is 13.2 Å². The van der Waals surface area contributed by atoms with Crippen LogP contribution in [-0.4, -0.2) is 49.1 Å². The van der Waals surface area contributed by atoms with Crippen molar-refractivity contribution in [2.24, 2.45) is 0 Å². The lowest BCUT2D eigenvalue weighted by molar-refractivity contribution is -0.158. The number of carbonyl (C=O) groups is 2. The van der Waals surface area contributed by atoms with Crippen LogP contribution >= 0.6 is 0 Å². The fourth-order valence-corrected chi connectivity index (χ4v) is 4.74. The van der Waals surface area contributed by atoms with E-state index in [9.17, 15) is 9.59 Å². The van der Waals surface area contributed by atoms with Gasteiger partial charge in [0.2, 0.25) is 0 Å². The molecular weight excluding hydrogens is 494 g/mol.